The molecule has 1 nitrogen and oxygen atoms in total. The van der Waals surface area contributed by atoms with Crippen LogP contribution in [0.3, 0.4) is 0 Å². The second kappa shape index (κ2) is 4.95. The van der Waals surface area contributed by atoms with E-state index in [9.17, 15) is 0 Å². The summed E-state index contributed by atoms with van der Waals surface area (Å²) in [5.41, 5.74) is 1.29. The van der Waals surface area contributed by atoms with E-state index in [1.165, 1.54) is 12.0 Å². The Morgan fingerprint density at radius 1 is 1.25 bits per heavy atom. The van der Waals surface area contributed by atoms with Gasteiger partial charge in [0, 0.05) is 16.1 Å². The van der Waals surface area contributed by atoms with Crippen molar-refractivity contribution in [2.45, 2.75) is 32.2 Å². The molecule has 2 unspecified atom stereocenters. The van der Waals surface area contributed by atoms with Gasteiger partial charge in [-0.1, -0.05) is 37.0 Å². The van der Waals surface area contributed by atoms with Crippen LogP contribution in [0.5, 0.6) is 0 Å². The minimum Gasteiger partial charge on any atom is -0.314 e. The third-order valence-corrected chi connectivity index (χ3v) is 3.46. The molecule has 0 spiro atoms. The minimum absolute atomic E-state index is 0.559. The Labute approximate surface area is 107 Å². The maximum Gasteiger partial charge on any atom is 0.0423 e. The Bertz CT molecular complexity index is 356. The fourth-order valence-electron chi connectivity index (χ4n) is 2.06. The van der Waals surface area contributed by atoms with Crippen molar-refractivity contribution in [2.75, 3.05) is 6.54 Å². The molecule has 0 aromatic heterocycles. The summed E-state index contributed by atoms with van der Waals surface area (Å²) in [4.78, 5) is 0. The first kappa shape index (κ1) is 12.2. The van der Waals surface area contributed by atoms with E-state index in [1.54, 1.807) is 6.07 Å². The van der Waals surface area contributed by atoms with E-state index >= 15 is 0 Å². The van der Waals surface area contributed by atoms with Crippen LogP contribution in [0.2, 0.25) is 10.0 Å². The van der Waals surface area contributed by atoms with Crippen LogP contribution in [0.4, 0.5) is 0 Å². The summed E-state index contributed by atoms with van der Waals surface area (Å²) in [6, 6.07) is 6.42. The van der Waals surface area contributed by atoms with Crippen LogP contribution < -0.4 is 5.32 Å². The molecule has 0 bridgehead atoms. The molecule has 88 valence electrons. The highest BCUT2D eigenvalue weighted by molar-refractivity contribution is 6.34. The van der Waals surface area contributed by atoms with Gasteiger partial charge in [0.1, 0.15) is 0 Å². The van der Waals surface area contributed by atoms with Crippen molar-refractivity contribution in [1.29, 1.82) is 0 Å². The predicted octanol–water partition coefficient (Wildman–Crippen LogP) is 4.09. The third kappa shape index (κ3) is 3.13. The largest absolute Gasteiger partial charge is 0.314 e. The smallest absolute Gasteiger partial charge is 0.0423 e. The van der Waals surface area contributed by atoms with E-state index < -0.39 is 0 Å². The third-order valence-electron chi connectivity index (χ3n) is 3.02. The molecule has 2 atom stereocenters. The van der Waals surface area contributed by atoms with Crippen LogP contribution in [0, 0.1) is 5.92 Å². The van der Waals surface area contributed by atoms with Crippen LogP contribution in [-0.2, 0) is 0 Å². The van der Waals surface area contributed by atoms with E-state index in [4.69, 9.17) is 23.2 Å². The molecular formula is C13H17Cl2N. The topological polar surface area (TPSA) is 12.0 Å². The lowest BCUT2D eigenvalue weighted by Gasteiger charge is -2.07. The highest BCUT2D eigenvalue weighted by atomic mass is 35.5. The highest BCUT2D eigenvalue weighted by Crippen LogP contribution is 2.48. The molecule has 16 heavy (non-hydrogen) atoms. The zero-order valence-electron chi connectivity index (χ0n) is 9.63. The molecule has 1 aromatic rings. The number of nitrogens with one attached hydrogen (secondary N) is 1. The average Bonchev–Trinajstić information content (AvgIpc) is 2.92. The van der Waals surface area contributed by atoms with Gasteiger partial charge in [-0.05, 0) is 48.6 Å². The molecule has 0 radical (unpaired) electrons. The minimum atomic E-state index is 0.559. The molecule has 0 saturated heterocycles. The Morgan fingerprint density at radius 2 is 1.88 bits per heavy atom. The second-order valence-corrected chi connectivity index (χ2v) is 5.74. The van der Waals surface area contributed by atoms with Crippen LogP contribution in [0.1, 0.15) is 31.7 Å². The lowest BCUT2D eigenvalue weighted by Crippen LogP contribution is -2.25. The van der Waals surface area contributed by atoms with Gasteiger partial charge in [0.05, 0.1) is 0 Å². The highest BCUT2D eigenvalue weighted by Gasteiger charge is 2.38. The Kier molecular flexibility index (Phi) is 3.78. The normalized spacial score (nSPS) is 23.8. The summed E-state index contributed by atoms with van der Waals surface area (Å²) in [5.74, 6) is 1.39. The van der Waals surface area contributed by atoms with E-state index in [1.807, 2.05) is 12.1 Å². The van der Waals surface area contributed by atoms with E-state index in [0.717, 1.165) is 22.5 Å². The van der Waals surface area contributed by atoms with Crippen molar-refractivity contribution in [2.24, 2.45) is 5.92 Å². The molecular weight excluding hydrogens is 241 g/mol. The monoisotopic (exact) mass is 257 g/mol. The molecule has 0 amide bonds. The lowest BCUT2D eigenvalue weighted by molar-refractivity contribution is 0.554. The van der Waals surface area contributed by atoms with E-state index in [0.29, 0.717) is 12.0 Å². The number of benzene rings is 1. The average molecular weight is 258 g/mol. The molecule has 0 heterocycles. The van der Waals surface area contributed by atoms with Crippen molar-refractivity contribution in [3.8, 4) is 0 Å². The SMILES string of the molecule is CC(C)NCC1CC1c1cc(Cl)cc(Cl)c1. The van der Waals surface area contributed by atoms with Gasteiger partial charge in [0.2, 0.25) is 0 Å². The molecule has 1 aromatic carbocycles. The first-order chi connectivity index (χ1) is 7.56. The maximum absolute atomic E-state index is 6.00. The van der Waals surface area contributed by atoms with Crippen LogP contribution in [0.25, 0.3) is 0 Å². The fourth-order valence-corrected chi connectivity index (χ4v) is 2.60. The van der Waals surface area contributed by atoms with Gasteiger partial charge in [-0.2, -0.15) is 0 Å². The Balaban J connectivity index is 1.95. The molecule has 1 aliphatic carbocycles. The number of hydrogen-bond donors (Lipinski definition) is 1. The molecule has 1 saturated carbocycles. The Hall–Kier alpha value is -0.240. The molecule has 3 heteroatoms. The van der Waals surface area contributed by atoms with Crippen molar-refractivity contribution < 1.29 is 0 Å². The van der Waals surface area contributed by atoms with Gasteiger partial charge in [-0.25, -0.2) is 0 Å². The summed E-state index contributed by atoms with van der Waals surface area (Å²) in [6.07, 6.45) is 1.25. The summed E-state index contributed by atoms with van der Waals surface area (Å²) in [7, 11) is 0. The van der Waals surface area contributed by atoms with Gasteiger partial charge < -0.3 is 5.32 Å². The van der Waals surface area contributed by atoms with Gasteiger partial charge in [-0.15, -0.1) is 0 Å². The zero-order chi connectivity index (χ0) is 11.7. The number of halogens is 2. The first-order valence-electron chi connectivity index (χ1n) is 5.75. The van der Waals surface area contributed by atoms with Crippen molar-refractivity contribution in [3.63, 3.8) is 0 Å². The molecule has 0 aliphatic heterocycles. The molecule has 1 fully saturated rings. The maximum atomic E-state index is 6.00. The zero-order valence-corrected chi connectivity index (χ0v) is 11.1. The van der Waals surface area contributed by atoms with Gasteiger partial charge in [0.15, 0.2) is 0 Å². The standard InChI is InChI=1S/C13H17Cl2N/c1-8(2)16-7-10-5-13(10)9-3-11(14)6-12(15)4-9/h3-4,6,8,10,13,16H,5,7H2,1-2H3. The predicted molar refractivity (Wildman–Crippen MR) is 70.4 cm³/mol. The van der Waals surface area contributed by atoms with Gasteiger partial charge in [0.25, 0.3) is 0 Å². The van der Waals surface area contributed by atoms with Crippen LogP contribution >= 0.6 is 23.2 Å². The van der Waals surface area contributed by atoms with Crippen molar-refractivity contribution in [1.82, 2.24) is 5.32 Å². The number of rotatable bonds is 4. The fraction of sp³-hybridized carbons (Fsp3) is 0.538. The second-order valence-electron chi connectivity index (χ2n) is 4.87. The molecule has 2 rings (SSSR count). The number of hydrogen-bond acceptors (Lipinski definition) is 1. The van der Waals surface area contributed by atoms with Crippen LogP contribution in [-0.4, -0.2) is 12.6 Å². The lowest BCUT2D eigenvalue weighted by atomic mass is 10.1. The van der Waals surface area contributed by atoms with E-state index in [-0.39, 0.29) is 0 Å². The first-order valence-corrected chi connectivity index (χ1v) is 6.51. The summed E-state index contributed by atoms with van der Waals surface area (Å²) in [6.45, 7) is 5.44. The van der Waals surface area contributed by atoms with Crippen molar-refractivity contribution >= 4 is 23.2 Å². The van der Waals surface area contributed by atoms with E-state index in [2.05, 4.69) is 19.2 Å². The summed E-state index contributed by atoms with van der Waals surface area (Å²) < 4.78 is 0. The quantitative estimate of drug-likeness (QED) is 0.857. The van der Waals surface area contributed by atoms with Crippen LogP contribution in [0.15, 0.2) is 18.2 Å². The van der Waals surface area contributed by atoms with Gasteiger partial charge in [-0.3, -0.25) is 0 Å². The molecule has 1 aliphatic rings. The van der Waals surface area contributed by atoms with Crippen molar-refractivity contribution in [3.05, 3.63) is 33.8 Å². The summed E-state index contributed by atoms with van der Waals surface area (Å²) in [5, 5.41) is 4.95. The van der Waals surface area contributed by atoms with Gasteiger partial charge >= 0.3 is 0 Å². The molecule has 1 N–H and O–H groups in total. The summed E-state index contributed by atoms with van der Waals surface area (Å²) >= 11 is 12.0. The Morgan fingerprint density at radius 3 is 2.44 bits per heavy atom.